The molecule has 1 aromatic heterocycles. The van der Waals surface area contributed by atoms with Crippen molar-refractivity contribution in [3.63, 3.8) is 0 Å². The molecular weight excluding hydrogens is 354 g/mol. The van der Waals surface area contributed by atoms with E-state index in [0.717, 1.165) is 23.2 Å². The molecule has 144 valence electrons. The predicted molar refractivity (Wildman–Crippen MR) is 107 cm³/mol. The van der Waals surface area contributed by atoms with Crippen molar-refractivity contribution < 1.29 is 14.3 Å². The van der Waals surface area contributed by atoms with Crippen molar-refractivity contribution in [1.82, 2.24) is 15.2 Å². The average molecular weight is 377 g/mol. The van der Waals surface area contributed by atoms with Crippen LogP contribution >= 0.6 is 0 Å². The Bertz CT molecular complexity index is 997. The van der Waals surface area contributed by atoms with Crippen LogP contribution in [-0.2, 0) is 28.9 Å². The highest BCUT2D eigenvalue weighted by atomic mass is 16.5. The van der Waals surface area contributed by atoms with Crippen LogP contribution in [0.25, 0.3) is 10.9 Å². The lowest BCUT2D eigenvalue weighted by molar-refractivity contribution is -0.142. The van der Waals surface area contributed by atoms with E-state index < -0.39 is 12.0 Å². The number of fused-ring (bicyclic) bond motifs is 3. The molecule has 1 unspecified atom stereocenters. The fourth-order valence-electron chi connectivity index (χ4n) is 3.79. The first kappa shape index (κ1) is 18.1. The number of H-pyrrole nitrogens is 1. The molecule has 2 aromatic carbocycles. The molecule has 1 aliphatic rings. The number of aromatic amines is 1. The van der Waals surface area contributed by atoms with E-state index in [1.54, 1.807) is 4.90 Å². The van der Waals surface area contributed by atoms with Crippen molar-refractivity contribution in [1.29, 1.82) is 0 Å². The van der Waals surface area contributed by atoms with Crippen LogP contribution in [-0.4, -0.2) is 41.6 Å². The van der Waals surface area contributed by atoms with Gasteiger partial charge in [0.25, 0.3) is 0 Å². The number of nitrogens with zero attached hydrogens (tertiary/aromatic N) is 1. The van der Waals surface area contributed by atoms with Gasteiger partial charge in [-0.15, -0.1) is 0 Å². The molecule has 6 nitrogen and oxygen atoms in total. The van der Waals surface area contributed by atoms with E-state index in [1.165, 1.54) is 18.1 Å². The summed E-state index contributed by atoms with van der Waals surface area (Å²) in [6.45, 7) is 1.11. The SMILES string of the molecule is COC(=O)C(Cc1ccccc1)NC(=O)N1CCc2c([nH]c3ccccc23)C1. The quantitative estimate of drug-likeness (QED) is 0.687. The van der Waals surface area contributed by atoms with E-state index in [2.05, 4.69) is 16.4 Å². The third-order valence-electron chi connectivity index (χ3n) is 5.24. The van der Waals surface area contributed by atoms with E-state index in [-0.39, 0.29) is 6.03 Å². The number of esters is 1. The highest BCUT2D eigenvalue weighted by Gasteiger charge is 2.28. The van der Waals surface area contributed by atoms with E-state index in [1.807, 2.05) is 48.5 Å². The van der Waals surface area contributed by atoms with Crippen molar-refractivity contribution in [2.45, 2.75) is 25.4 Å². The van der Waals surface area contributed by atoms with Crippen molar-refractivity contribution in [2.24, 2.45) is 0 Å². The minimum atomic E-state index is -0.719. The summed E-state index contributed by atoms with van der Waals surface area (Å²) in [7, 11) is 1.34. The van der Waals surface area contributed by atoms with Crippen LogP contribution in [0.15, 0.2) is 54.6 Å². The lowest BCUT2D eigenvalue weighted by atomic mass is 10.0. The zero-order valence-corrected chi connectivity index (χ0v) is 15.8. The van der Waals surface area contributed by atoms with Crippen LogP contribution in [0.5, 0.6) is 0 Å². The lowest BCUT2D eigenvalue weighted by Gasteiger charge is -2.29. The van der Waals surface area contributed by atoms with Gasteiger partial charge < -0.3 is 19.9 Å². The molecule has 0 bridgehead atoms. The van der Waals surface area contributed by atoms with E-state index >= 15 is 0 Å². The van der Waals surface area contributed by atoms with Crippen LogP contribution in [0, 0.1) is 0 Å². The number of para-hydroxylation sites is 1. The number of nitrogens with one attached hydrogen (secondary N) is 2. The molecule has 2 N–H and O–H groups in total. The summed E-state index contributed by atoms with van der Waals surface area (Å²) in [5.41, 5.74) is 4.38. The Morgan fingerprint density at radius 3 is 2.68 bits per heavy atom. The number of carbonyl (C=O) groups is 2. The third kappa shape index (κ3) is 3.58. The van der Waals surface area contributed by atoms with Gasteiger partial charge in [0, 0.05) is 29.6 Å². The van der Waals surface area contributed by atoms with Crippen LogP contribution < -0.4 is 5.32 Å². The second-order valence-electron chi connectivity index (χ2n) is 7.01. The smallest absolute Gasteiger partial charge is 0.328 e. The van der Waals surface area contributed by atoms with E-state index in [4.69, 9.17) is 4.74 Å². The monoisotopic (exact) mass is 377 g/mol. The Balaban J connectivity index is 1.48. The molecule has 3 aromatic rings. The molecule has 0 spiro atoms. The summed E-state index contributed by atoms with van der Waals surface area (Å²) in [6.07, 6.45) is 1.18. The average Bonchev–Trinajstić information content (AvgIpc) is 3.11. The van der Waals surface area contributed by atoms with Gasteiger partial charge in [0.15, 0.2) is 0 Å². The molecule has 2 amide bonds. The molecular formula is C22H23N3O3. The summed E-state index contributed by atoms with van der Waals surface area (Å²) in [5, 5.41) is 4.07. The van der Waals surface area contributed by atoms with Crippen molar-refractivity contribution in [2.75, 3.05) is 13.7 Å². The molecule has 0 saturated carbocycles. The van der Waals surface area contributed by atoms with Gasteiger partial charge in [0.05, 0.1) is 13.7 Å². The number of benzene rings is 2. The summed E-state index contributed by atoms with van der Waals surface area (Å²) < 4.78 is 4.89. The number of amides is 2. The maximum absolute atomic E-state index is 12.8. The van der Waals surface area contributed by atoms with Crippen molar-refractivity contribution in [3.8, 4) is 0 Å². The van der Waals surface area contributed by atoms with Gasteiger partial charge in [0.2, 0.25) is 0 Å². The first-order chi connectivity index (χ1) is 13.7. The van der Waals surface area contributed by atoms with Crippen molar-refractivity contribution >= 4 is 22.9 Å². The number of ether oxygens (including phenoxy) is 1. The Morgan fingerprint density at radius 2 is 1.89 bits per heavy atom. The Kier molecular flexibility index (Phi) is 5.02. The number of hydrogen-bond acceptors (Lipinski definition) is 3. The summed E-state index contributed by atoms with van der Waals surface area (Å²) in [4.78, 5) is 30.2. The molecule has 1 atom stereocenters. The Morgan fingerprint density at radius 1 is 1.14 bits per heavy atom. The zero-order chi connectivity index (χ0) is 19.5. The summed E-state index contributed by atoms with van der Waals surface area (Å²) in [5.74, 6) is -0.444. The van der Waals surface area contributed by atoms with E-state index in [9.17, 15) is 9.59 Å². The number of hydrogen-bond donors (Lipinski definition) is 2. The van der Waals surface area contributed by atoms with Gasteiger partial charge in [-0.1, -0.05) is 48.5 Å². The number of rotatable bonds is 4. The van der Waals surface area contributed by atoms with Gasteiger partial charge in [0.1, 0.15) is 6.04 Å². The van der Waals surface area contributed by atoms with E-state index in [0.29, 0.717) is 19.5 Å². The number of aromatic nitrogens is 1. The van der Waals surface area contributed by atoms with Gasteiger partial charge in [-0.25, -0.2) is 9.59 Å². The number of methoxy groups -OCH3 is 1. The molecule has 0 fully saturated rings. The first-order valence-electron chi connectivity index (χ1n) is 9.41. The summed E-state index contributed by atoms with van der Waals surface area (Å²) >= 11 is 0. The van der Waals surface area contributed by atoms with Gasteiger partial charge >= 0.3 is 12.0 Å². The van der Waals surface area contributed by atoms with Gasteiger partial charge in [-0.3, -0.25) is 0 Å². The predicted octanol–water partition coefficient (Wildman–Crippen LogP) is 3.02. The maximum Gasteiger partial charge on any atom is 0.328 e. The number of carbonyl (C=O) groups excluding carboxylic acids is 2. The van der Waals surface area contributed by atoms with Gasteiger partial charge in [-0.05, 0) is 23.6 Å². The third-order valence-corrected chi connectivity index (χ3v) is 5.24. The molecule has 28 heavy (non-hydrogen) atoms. The minimum absolute atomic E-state index is 0.254. The molecule has 4 rings (SSSR count). The van der Waals surface area contributed by atoms with Crippen LogP contribution in [0.2, 0.25) is 0 Å². The zero-order valence-electron chi connectivity index (χ0n) is 15.8. The molecule has 0 radical (unpaired) electrons. The molecule has 0 aliphatic carbocycles. The minimum Gasteiger partial charge on any atom is -0.467 e. The highest BCUT2D eigenvalue weighted by molar-refractivity contribution is 5.86. The summed E-state index contributed by atoms with van der Waals surface area (Å²) in [6, 6.07) is 16.8. The second kappa shape index (κ2) is 7.76. The van der Waals surface area contributed by atoms with Crippen LogP contribution in [0.4, 0.5) is 4.79 Å². The van der Waals surface area contributed by atoms with Crippen LogP contribution in [0.3, 0.4) is 0 Å². The standard InChI is InChI=1S/C22H23N3O3/c1-28-21(26)19(13-15-7-3-2-4-8-15)24-22(27)25-12-11-17-16-9-5-6-10-18(16)23-20(17)14-25/h2-10,19,23H,11-14H2,1H3,(H,24,27). The molecule has 6 heteroatoms. The van der Waals surface area contributed by atoms with Gasteiger partial charge in [-0.2, -0.15) is 0 Å². The van der Waals surface area contributed by atoms with Crippen LogP contribution in [0.1, 0.15) is 16.8 Å². The largest absolute Gasteiger partial charge is 0.467 e. The topological polar surface area (TPSA) is 74.4 Å². The Labute approximate surface area is 163 Å². The number of urea groups is 1. The lowest BCUT2D eigenvalue weighted by Crippen LogP contribution is -2.50. The first-order valence-corrected chi connectivity index (χ1v) is 9.41. The fourth-order valence-corrected chi connectivity index (χ4v) is 3.79. The maximum atomic E-state index is 12.8. The molecule has 2 heterocycles. The highest BCUT2D eigenvalue weighted by Crippen LogP contribution is 2.27. The molecule has 1 aliphatic heterocycles. The second-order valence-corrected chi connectivity index (χ2v) is 7.01. The molecule has 0 saturated heterocycles. The fraction of sp³-hybridized carbons (Fsp3) is 0.273. The normalized spacial score (nSPS) is 14.4. The van der Waals surface area contributed by atoms with Crippen molar-refractivity contribution in [3.05, 3.63) is 71.4 Å². The Hall–Kier alpha value is -3.28.